The summed E-state index contributed by atoms with van der Waals surface area (Å²) in [4.78, 5) is 25.4. The molecule has 0 fully saturated rings. The van der Waals surface area contributed by atoms with Gasteiger partial charge in [0.15, 0.2) is 0 Å². The van der Waals surface area contributed by atoms with E-state index in [1.807, 2.05) is 27.2 Å². The highest BCUT2D eigenvalue weighted by Crippen LogP contribution is 2.38. The van der Waals surface area contributed by atoms with E-state index in [9.17, 15) is 19.4 Å². The zero-order valence-electron chi connectivity index (χ0n) is 39.7. The minimum atomic E-state index is -4.59. The molecule has 0 saturated carbocycles. The highest BCUT2D eigenvalue weighted by atomic mass is 31.2. The van der Waals surface area contributed by atoms with Crippen LogP contribution in [0.3, 0.4) is 0 Å². The maximum absolute atomic E-state index is 12.9. The first-order chi connectivity index (χ1) is 28.5. The van der Waals surface area contributed by atoms with Crippen molar-refractivity contribution in [2.75, 3.05) is 40.9 Å². The second-order valence-electron chi connectivity index (χ2n) is 18.5. The molecule has 9 heteroatoms. The number of hydrogen-bond donors (Lipinski definition) is 2. The average Bonchev–Trinajstić information content (AvgIpc) is 3.19. The Hall–Kier alpha value is -1.02. The summed E-state index contributed by atoms with van der Waals surface area (Å²) in [7, 11) is 1.27. The second kappa shape index (κ2) is 42.3. The van der Waals surface area contributed by atoms with Crippen molar-refractivity contribution in [1.29, 1.82) is 0 Å². The van der Waals surface area contributed by atoms with Crippen LogP contribution in [0.25, 0.3) is 0 Å². The summed E-state index contributed by atoms with van der Waals surface area (Å²) < 4.78 is 23.3. The Balaban J connectivity index is 4.32. The lowest BCUT2D eigenvalue weighted by Gasteiger charge is -2.29. The Labute approximate surface area is 366 Å². The third kappa shape index (κ3) is 44.8. The molecule has 0 aromatic rings. The van der Waals surface area contributed by atoms with Crippen LogP contribution in [-0.2, 0) is 18.4 Å². The summed E-state index contributed by atoms with van der Waals surface area (Å²) >= 11 is 0. The molecule has 59 heavy (non-hydrogen) atoms. The number of aliphatic hydroxyl groups is 1. The normalized spacial score (nSPS) is 14.4. The number of hydrogen-bond acceptors (Lipinski definition) is 6. The highest BCUT2D eigenvalue weighted by molar-refractivity contribution is 7.45. The van der Waals surface area contributed by atoms with Crippen molar-refractivity contribution < 1.29 is 32.9 Å². The van der Waals surface area contributed by atoms with Gasteiger partial charge >= 0.3 is 0 Å². The fourth-order valence-corrected chi connectivity index (χ4v) is 8.11. The van der Waals surface area contributed by atoms with Gasteiger partial charge in [-0.3, -0.25) is 9.36 Å². The van der Waals surface area contributed by atoms with Gasteiger partial charge in [0.2, 0.25) is 5.91 Å². The lowest BCUT2D eigenvalue weighted by atomic mass is 10.0. The van der Waals surface area contributed by atoms with Crippen LogP contribution in [0.5, 0.6) is 0 Å². The molecule has 0 aromatic heterocycles. The third-order valence-electron chi connectivity index (χ3n) is 11.4. The molecule has 0 aliphatic heterocycles. The fraction of sp³-hybridized carbons (Fsp3) is 0.900. The van der Waals surface area contributed by atoms with Crippen molar-refractivity contribution in [3.05, 3.63) is 24.3 Å². The molecule has 3 unspecified atom stereocenters. The zero-order chi connectivity index (χ0) is 43.6. The van der Waals surface area contributed by atoms with Gasteiger partial charge in [0.1, 0.15) is 13.2 Å². The second-order valence-corrected chi connectivity index (χ2v) is 19.9. The van der Waals surface area contributed by atoms with Crippen molar-refractivity contribution in [2.45, 2.75) is 251 Å². The largest absolute Gasteiger partial charge is 0.756 e. The van der Waals surface area contributed by atoms with E-state index >= 15 is 0 Å². The number of amides is 1. The summed E-state index contributed by atoms with van der Waals surface area (Å²) in [5.41, 5.74) is 0. The highest BCUT2D eigenvalue weighted by Gasteiger charge is 2.23. The SMILES string of the molecule is CCCCCCCC/C=C\CCCCCCCCCCCC(=O)NC(COP(=O)([O-])OCC[N+](C)(C)C)C(O)/C=C/CCCCCCCCCCCCCCCCCC. The standard InChI is InChI=1S/C50H99N2O6P/c1-6-8-10-12-14-16-18-20-22-24-26-28-30-32-34-36-38-40-42-44-50(54)51-48(47-58-59(55,56)57-46-45-52(3,4)5)49(53)43-41-39-37-35-33-31-29-27-25-23-21-19-17-15-13-11-9-7-2/h20,22,41,43,48-49,53H,6-19,21,23-40,42,44-47H2,1-5H3,(H-,51,54,55,56)/b22-20-,43-41+. The summed E-state index contributed by atoms with van der Waals surface area (Å²) in [6.07, 6.45) is 50.8. The first kappa shape index (κ1) is 58.0. The smallest absolute Gasteiger partial charge is 0.268 e. The van der Waals surface area contributed by atoms with Crippen LogP contribution in [0.1, 0.15) is 239 Å². The number of nitrogens with one attached hydrogen (secondary N) is 1. The minimum absolute atomic E-state index is 0.0000659. The van der Waals surface area contributed by atoms with E-state index in [4.69, 9.17) is 9.05 Å². The summed E-state index contributed by atoms with van der Waals surface area (Å²) in [6.45, 7) is 4.66. The topological polar surface area (TPSA) is 108 Å². The van der Waals surface area contributed by atoms with Crippen LogP contribution in [0, 0.1) is 0 Å². The Kier molecular flexibility index (Phi) is 41.6. The first-order valence-electron chi connectivity index (χ1n) is 25.2. The van der Waals surface area contributed by atoms with Crippen LogP contribution < -0.4 is 10.2 Å². The van der Waals surface area contributed by atoms with E-state index in [0.717, 1.165) is 38.5 Å². The lowest BCUT2D eigenvalue weighted by Crippen LogP contribution is -2.45. The molecule has 0 aliphatic rings. The van der Waals surface area contributed by atoms with Gasteiger partial charge in [-0.1, -0.05) is 212 Å². The molecule has 0 bridgehead atoms. The number of carbonyl (C=O) groups excluding carboxylic acids is 1. The fourth-order valence-electron chi connectivity index (χ4n) is 7.38. The number of quaternary nitrogens is 1. The molecule has 0 saturated heterocycles. The molecule has 2 N–H and O–H groups in total. The maximum atomic E-state index is 12.9. The molecule has 1 amide bonds. The van der Waals surface area contributed by atoms with Crippen LogP contribution in [-0.4, -0.2) is 68.5 Å². The monoisotopic (exact) mass is 855 g/mol. The Morgan fingerprint density at radius 3 is 1.32 bits per heavy atom. The zero-order valence-corrected chi connectivity index (χ0v) is 40.6. The number of allylic oxidation sites excluding steroid dienone is 3. The average molecular weight is 855 g/mol. The number of aliphatic hydroxyl groups excluding tert-OH is 1. The Morgan fingerprint density at radius 2 is 0.932 bits per heavy atom. The molecule has 0 rings (SSSR count). The number of likely N-dealkylation sites (N-methyl/N-ethyl adjacent to an activating group) is 1. The molecular weight excluding hydrogens is 756 g/mol. The Morgan fingerprint density at radius 1 is 0.576 bits per heavy atom. The predicted octanol–water partition coefficient (Wildman–Crippen LogP) is 13.8. The summed E-state index contributed by atoms with van der Waals surface area (Å²) in [5, 5.41) is 13.8. The molecule has 0 radical (unpaired) electrons. The van der Waals surface area contributed by atoms with Crippen molar-refractivity contribution >= 4 is 13.7 Å². The van der Waals surface area contributed by atoms with E-state index in [2.05, 4.69) is 31.3 Å². The van der Waals surface area contributed by atoms with Crippen molar-refractivity contribution in [1.82, 2.24) is 5.32 Å². The maximum Gasteiger partial charge on any atom is 0.268 e. The van der Waals surface area contributed by atoms with E-state index in [0.29, 0.717) is 17.4 Å². The van der Waals surface area contributed by atoms with Crippen LogP contribution in [0.4, 0.5) is 0 Å². The molecule has 8 nitrogen and oxygen atoms in total. The molecule has 350 valence electrons. The van der Waals surface area contributed by atoms with E-state index < -0.39 is 20.0 Å². The molecule has 0 aliphatic carbocycles. The lowest BCUT2D eigenvalue weighted by molar-refractivity contribution is -0.870. The minimum Gasteiger partial charge on any atom is -0.756 e. The number of unbranched alkanes of at least 4 members (excludes halogenated alkanes) is 31. The van der Waals surface area contributed by atoms with Gasteiger partial charge in [-0.2, -0.15) is 0 Å². The first-order valence-corrected chi connectivity index (χ1v) is 26.7. The molecule has 0 aromatic carbocycles. The molecular formula is C50H99N2O6P. The van der Waals surface area contributed by atoms with Crippen LogP contribution in [0.2, 0.25) is 0 Å². The van der Waals surface area contributed by atoms with Gasteiger partial charge < -0.3 is 28.8 Å². The predicted molar refractivity (Wildman–Crippen MR) is 252 cm³/mol. The van der Waals surface area contributed by atoms with Gasteiger partial charge in [-0.25, -0.2) is 0 Å². The summed E-state index contributed by atoms with van der Waals surface area (Å²) in [6, 6.07) is -0.885. The van der Waals surface area contributed by atoms with Gasteiger partial charge in [0.25, 0.3) is 7.82 Å². The van der Waals surface area contributed by atoms with Crippen molar-refractivity contribution in [3.63, 3.8) is 0 Å². The number of rotatable bonds is 46. The number of phosphoric acid groups is 1. The van der Waals surface area contributed by atoms with E-state index in [-0.39, 0.29) is 19.1 Å². The number of carbonyl (C=O) groups is 1. The quantitative estimate of drug-likeness (QED) is 0.0273. The summed E-state index contributed by atoms with van der Waals surface area (Å²) in [5.74, 6) is -0.198. The van der Waals surface area contributed by atoms with E-state index in [1.54, 1.807) is 6.08 Å². The van der Waals surface area contributed by atoms with Gasteiger partial charge in [-0.05, 0) is 44.9 Å². The van der Waals surface area contributed by atoms with Crippen molar-refractivity contribution in [3.8, 4) is 0 Å². The number of nitrogens with zero attached hydrogens (tertiary/aromatic N) is 1. The van der Waals surface area contributed by atoms with E-state index in [1.165, 1.54) is 180 Å². The third-order valence-corrected chi connectivity index (χ3v) is 12.4. The van der Waals surface area contributed by atoms with Crippen LogP contribution in [0.15, 0.2) is 24.3 Å². The molecule has 3 atom stereocenters. The van der Waals surface area contributed by atoms with Gasteiger partial charge in [0.05, 0.1) is 39.9 Å². The Bertz CT molecular complexity index is 1020. The molecule has 0 spiro atoms. The van der Waals surface area contributed by atoms with Crippen LogP contribution >= 0.6 is 7.82 Å². The molecule has 0 heterocycles. The van der Waals surface area contributed by atoms with Gasteiger partial charge in [-0.15, -0.1) is 0 Å². The number of phosphoric ester groups is 1. The van der Waals surface area contributed by atoms with Gasteiger partial charge in [0, 0.05) is 6.42 Å². The van der Waals surface area contributed by atoms with Crippen molar-refractivity contribution in [2.24, 2.45) is 0 Å².